The first-order valence-electron chi connectivity index (χ1n) is 5.18. The molecule has 0 saturated heterocycles. The minimum Gasteiger partial charge on any atom is -0.388 e. The summed E-state index contributed by atoms with van der Waals surface area (Å²) in [7, 11) is 0. The molecule has 4 N–H and O–H groups in total. The summed E-state index contributed by atoms with van der Waals surface area (Å²) in [6.07, 6.45) is 2.18. The highest BCUT2D eigenvalue weighted by atomic mass is 16.3. The molecule has 0 aliphatic carbocycles. The van der Waals surface area contributed by atoms with E-state index in [-0.39, 0.29) is 12.5 Å². The van der Waals surface area contributed by atoms with Gasteiger partial charge in [0, 0.05) is 6.54 Å². The van der Waals surface area contributed by atoms with Crippen molar-refractivity contribution in [1.82, 2.24) is 5.32 Å². The second-order valence-corrected chi connectivity index (χ2v) is 3.96. The lowest BCUT2D eigenvalue weighted by Gasteiger charge is -2.22. The van der Waals surface area contributed by atoms with Gasteiger partial charge in [-0.25, -0.2) is 0 Å². The van der Waals surface area contributed by atoms with Crippen molar-refractivity contribution in [2.75, 3.05) is 6.54 Å². The van der Waals surface area contributed by atoms with Crippen LogP contribution in [0.3, 0.4) is 0 Å². The Morgan fingerprint density at radius 2 is 2.14 bits per heavy atom. The van der Waals surface area contributed by atoms with Gasteiger partial charge in [0.15, 0.2) is 0 Å². The Hall–Kier alpha value is -0.610. The fourth-order valence-corrected chi connectivity index (χ4v) is 0.976. The van der Waals surface area contributed by atoms with Gasteiger partial charge in [0.05, 0.1) is 11.6 Å². The van der Waals surface area contributed by atoms with E-state index in [0.29, 0.717) is 12.8 Å². The summed E-state index contributed by atoms with van der Waals surface area (Å²) in [5.41, 5.74) is 4.77. The third-order valence-corrected chi connectivity index (χ3v) is 2.34. The summed E-state index contributed by atoms with van der Waals surface area (Å²) in [4.78, 5) is 11.3. The van der Waals surface area contributed by atoms with Crippen molar-refractivity contribution >= 4 is 5.91 Å². The molecule has 0 saturated carbocycles. The van der Waals surface area contributed by atoms with Crippen LogP contribution in [0.4, 0.5) is 0 Å². The monoisotopic (exact) mass is 202 g/mol. The van der Waals surface area contributed by atoms with E-state index in [2.05, 4.69) is 5.32 Å². The number of carbonyl (C=O) groups is 1. The van der Waals surface area contributed by atoms with Gasteiger partial charge in [-0.05, 0) is 19.8 Å². The highest BCUT2D eigenvalue weighted by Crippen LogP contribution is 2.06. The van der Waals surface area contributed by atoms with Gasteiger partial charge in [-0.1, -0.05) is 20.3 Å². The number of nitrogens with two attached hydrogens (primary N) is 1. The van der Waals surface area contributed by atoms with Crippen LogP contribution in [0.1, 0.15) is 40.0 Å². The fraction of sp³-hybridized carbons (Fsp3) is 0.900. The fourth-order valence-electron chi connectivity index (χ4n) is 0.976. The van der Waals surface area contributed by atoms with Crippen molar-refractivity contribution in [3.05, 3.63) is 0 Å². The quantitative estimate of drug-likeness (QED) is 0.583. The normalized spacial score (nSPS) is 17.2. The van der Waals surface area contributed by atoms with Gasteiger partial charge in [0.25, 0.3) is 0 Å². The predicted octanol–water partition coefficient (Wildman–Crippen LogP) is 0.391. The summed E-state index contributed by atoms with van der Waals surface area (Å²) in [6.45, 7) is 5.81. The maximum atomic E-state index is 11.3. The molecule has 0 fully saturated rings. The second kappa shape index (κ2) is 5.98. The Balaban J connectivity index is 3.84. The molecule has 0 heterocycles. The molecular formula is C10H22N2O2. The van der Waals surface area contributed by atoms with Crippen LogP contribution in [0.25, 0.3) is 0 Å². The SMILES string of the molecule is CCC[C@@H](N)C(=O)NCC(C)(O)CC. The number of carbonyl (C=O) groups excluding carboxylic acids is 1. The number of amides is 1. The molecule has 84 valence electrons. The van der Waals surface area contributed by atoms with Gasteiger partial charge in [-0.15, -0.1) is 0 Å². The first-order chi connectivity index (χ1) is 6.43. The number of hydrogen-bond acceptors (Lipinski definition) is 3. The van der Waals surface area contributed by atoms with Crippen molar-refractivity contribution in [2.45, 2.75) is 51.7 Å². The van der Waals surface area contributed by atoms with Crippen LogP contribution in [-0.4, -0.2) is 29.2 Å². The van der Waals surface area contributed by atoms with E-state index in [1.54, 1.807) is 6.92 Å². The Morgan fingerprint density at radius 3 is 2.57 bits per heavy atom. The Kier molecular flexibility index (Phi) is 5.72. The van der Waals surface area contributed by atoms with Crippen LogP contribution in [0, 0.1) is 0 Å². The Bertz CT molecular complexity index is 181. The topological polar surface area (TPSA) is 75.4 Å². The number of nitrogens with one attached hydrogen (secondary N) is 1. The molecule has 4 heteroatoms. The molecule has 14 heavy (non-hydrogen) atoms. The summed E-state index contributed by atoms with van der Waals surface area (Å²) in [5, 5.41) is 12.3. The van der Waals surface area contributed by atoms with Crippen molar-refractivity contribution in [3.8, 4) is 0 Å². The zero-order valence-electron chi connectivity index (χ0n) is 9.34. The molecule has 4 nitrogen and oxygen atoms in total. The summed E-state index contributed by atoms with van der Waals surface area (Å²) in [6, 6.07) is -0.451. The lowest BCUT2D eigenvalue weighted by molar-refractivity contribution is -0.123. The van der Waals surface area contributed by atoms with Crippen molar-refractivity contribution in [3.63, 3.8) is 0 Å². The molecule has 0 bridgehead atoms. The summed E-state index contributed by atoms with van der Waals surface area (Å²) >= 11 is 0. The first-order valence-corrected chi connectivity index (χ1v) is 5.18. The zero-order chi connectivity index (χ0) is 11.2. The molecule has 2 atom stereocenters. The van der Waals surface area contributed by atoms with Crippen LogP contribution in [0.2, 0.25) is 0 Å². The third kappa shape index (κ3) is 5.19. The maximum absolute atomic E-state index is 11.3. The van der Waals surface area contributed by atoms with E-state index in [4.69, 9.17) is 5.73 Å². The van der Waals surface area contributed by atoms with Gasteiger partial charge in [0.2, 0.25) is 5.91 Å². The second-order valence-electron chi connectivity index (χ2n) is 3.96. The summed E-state index contributed by atoms with van der Waals surface area (Å²) in [5.74, 6) is -0.180. The first kappa shape index (κ1) is 13.4. The average Bonchev–Trinajstić information content (AvgIpc) is 2.15. The lowest BCUT2D eigenvalue weighted by atomic mass is 10.0. The molecular weight excluding hydrogens is 180 g/mol. The van der Waals surface area contributed by atoms with Crippen molar-refractivity contribution < 1.29 is 9.90 Å². The average molecular weight is 202 g/mol. The molecule has 0 aromatic heterocycles. The minimum absolute atomic E-state index is 0.180. The minimum atomic E-state index is -0.832. The standard InChI is InChI=1S/C10H22N2O2/c1-4-6-8(11)9(13)12-7-10(3,14)5-2/h8,14H,4-7,11H2,1-3H3,(H,12,13)/t8-,10?/m1/s1. The highest BCUT2D eigenvalue weighted by molar-refractivity contribution is 5.81. The number of hydrogen-bond donors (Lipinski definition) is 3. The molecule has 0 radical (unpaired) electrons. The largest absolute Gasteiger partial charge is 0.388 e. The van der Waals surface area contributed by atoms with Crippen molar-refractivity contribution in [1.29, 1.82) is 0 Å². The molecule has 0 aliphatic heterocycles. The van der Waals surface area contributed by atoms with Gasteiger partial charge in [-0.3, -0.25) is 4.79 Å². The molecule has 0 aromatic rings. The van der Waals surface area contributed by atoms with E-state index in [1.807, 2.05) is 13.8 Å². The Morgan fingerprint density at radius 1 is 1.57 bits per heavy atom. The lowest BCUT2D eigenvalue weighted by Crippen LogP contribution is -2.46. The highest BCUT2D eigenvalue weighted by Gasteiger charge is 2.20. The maximum Gasteiger partial charge on any atom is 0.237 e. The number of aliphatic hydroxyl groups is 1. The molecule has 0 aliphatic rings. The van der Waals surface area contributed by atoms with Gasteiger partial charge >= 0.3 is 0 Å². The molecule has 0 rings (SSSR count). The van der Waals surface area contributed by atoms with E-state index in [1.165, 1.54) is 0 Å². The van der Waals surface area contributed by atoms with E-state index >= 15 is 0 Å². The zero-order valence-corrected chi connectivity index (χ0v) is 9.34. The Labute approximate surface area is 85.9 Å². The predicted molar refractivity (Wildman–Crippen MR) is 56.8 cm³/mol. The van der Waals surface area contributed by atoms with E-state index in [9.17, 15) is 9.90 Å². The molecule has 1 amide bonds. The number of rotatable bonds is 6. The van der Waals surface area contributed by atoms with Gasteiger partial charge in [0.1, 0.15) is 0 Å². The molecule has 0 aromatic carbocycles. The molecule has 1 unspecified atom stereocenters. The van der Waals surface area contributed by atoms with Crippen LogP contribution in [-0.2, 0) is 4.79 Å². The van der Waals surface area contributed by atoms with E-state index < -0.39 is 11.6 Å². The van der Waals surface area contributed by atoms with Crippen LogP contribution in [0.5, 0.6) is 0 Å². The van der Waals surface area contributed by atoms with Crippen LogP contribution in [0.15, 0.2) is 0 Å². The van der Waals surface area contributed by atoms with Gasteiger partial charge < -0.3 is 16.2 Å². The third-order valence-electron chi connectivity index (χ3n) is 2.34. The van der Waals surface area contributed by atoms with Crippen LogP contribution >= 0.6 is 0 Å². The molecule has 0 spiro atoms. The van der Waals surface area contributed by atoms with E-state index in [0.717, 1.165) is 6.42 Å². The summed E-state index contributed by atoms with van der Waals surface area (Å²) < 4.78 is 0. The van der Waals surface area contributed by atoms with Crippen LogP contribution < -0.4 is 11.1 Å². The smallest absolute Gasteiger partial charge is 0.237 e. The van der Waals surface area contributed by atoms with Gasteiger partial charge in [-0.2, -0.15) is 0 Å². The van der Waals surface area contributed by atoms with Crippen molar-refractivity contribution in [2.24, 2.45) is 5.73 Å².